The van der Waals surface area contributed by atoms with Crippen LogP contribution in [-0.4, -0.2) is 59.3 Å². The average molecular weight is 536 g/mol. The summed E-state index contributed by atoms with van der Waals surface area (Å²) in [6, 6.07) is 11.4. The van der Waals surface area contributed by atoms with Gasteiger partial charge in [-0.3, -0.25) is 18.9 Å². The van der Waals surface area contributed by atoms with E-state index in [2.05, 4.69) is 5.32 Å². The van der Waals surface area contributed by atoms with Crippen molar-refractivity contribution in [2.75, 3.05) is 6.54 Å². The Bertz CT molecular complexity index is 1210. The summed E-state index contributed by atoms with van der Waals surface area (Å²) in [4.78, 5) is 37.0. The third-order valence-electron chi connectivity index (χ3n) is 6.12. The molecular weight excluding hydrogens is 502 g/mol. The molecule has 0 saturated heterocycles. The van der Waals surface area contributed by atoms with Crippen molar-refractivity contribution in [3.63, 3.8) is 0 Å². The van der Waals surface area contributed by atoms with Crippen LogP contribution in [-0.2, 0) is 41.3 Å². The van der Waals surface area contributed by atoms with Crippen LogP contribution in [0.5, 0.6) is 0 Å². The van der Waals surface area contributed by atoms with Crippen LogP contribution in [0.25, 0.3) is 0 Å². The lowest BCUT2D eigenvalue weighted by atomic mass is 9.66. The van der Waals surface area contributed by atoms with Crippen molar-refractivity contribution in [1.82, 2.24) is 5.32 Å². The molecule has 2 rings (SSSR count). The fraction of sp³-hybridized carbons (Fsp3) is 0.400. The van der Waals surface area contributed by atoms with Gasteiger partial charge in [0, 0.05) is 6.54 Å². The molecule has 4 atom stereocenters. The molecule has 0 bridgehead atoms. The standard InChI is InChI=1S/C25H33N3O8S/c1-4-28-22(30)25(32,37(33,34)35)21(27)24(18-13-9-6-10-14-18,20(29)19(26)16(2)3)23(31)36-15-17-11-7-5-8-12-17/h5-14,16,19,21,32H,4,15,26-27H2,1-3H3,(H,28,30)(H,33,34,35)/t19-,21?,24?,25?/m1/s1. The summed E-state index contributed by atoms with van der Waals surface area (Å²) in [6.07, 6.45) is 0. The van der Waals surface area contributed by atoms with Crippen molar-refractivity contribution in [2.45, 2.75) is 49.8 Å². The topological polar surface area (TPSA) is 199 Å². The number of likely N-dealkylation sites (N-methyl/N-ethyl adjacent to an activating group) is 1. The van der Waals surface area contributed by atoms with Crippen molar-refractivity contribution in [2.24, 2.45) is 17.4 Å². The van der Waals surface area contributed by atoms with Gasteiger partial charge in [0.15, 0.2) is 11.2 Å². The zero-order chi connectivity index (χ0) is 28.0. The number of ketones is 1. The molecule has 0 aromatic heterocycles. The van der Waals surface area contributed by atoms with E-state index >= 15 is 0 Å². The Balaban J connectivity index is 2.89. The number of rotatable bonds is 12. The molecule has 2 aromatic carbocycles. The molecule has 0 heterocycles. The van der Waals surface area contributed by atoms with Crippen molar-refractivity contribution in [1.29, 1.82) is 0 Å². The van der Waals surface area contributed by atoms with Crippen molar-refractivity contribution in [3.8, 4) is 0 Å². The van der Waals surface area contributed by atoms with Crippen LogP contribution in [0.1, 0.15) is 31.9 Å². The molecule has 202 valence electrons. The first-order chi connectivity index (χ1) is 17.3. The normalized spacial score (nSPS) is 16.6. The lowest BCUT2D eigenvalue weighted by Crippen LogP contribution is -2.74. The van der Waals surface area contributed by atoms with Crippen LogP contribution in [0.2, 0.25) is 0 Å². The Hall–Kier alpha value is -3.16. The quantitative estimate of drug-likeness (QED) is 0.143. The van der Waals surface area contributed by atoms with Crippen molar-refractivity contribution in [3.05, 3.63) is 71.8 Å². The molecule has 11 nitrogen and oxygen atoms in total. The van der Waals surface area contributed by atoms with Gasteiger partial charge >= 0.3 is 16.1 Å². The number of nitrogens with two attached hydrogens (primary N) is 2. The number of aliphatic hydroxyl groups is 1. The highest BCUT2D eigenvalue weighted by Crippen LogP contribution is 2.39. The number of Topliss-reactive ketones (excluding diaryl/α,β-unsaturated/α-hetero) is 1. The molecule has 0 aliphatic carbocycles. The SMILES string of the molecule is CCNC(=O)C(O)(C(N)C(C(=O)OCc1ccccc1)(C(=O)[C@H](N)C(C)C)c1ccccc1)S(=O)(=O)O. The van der Waals surface area contributed by atoms with E-state index < -0.39 is 56.1 Å². The predicted octanol–water partition coefficient (Wildman–Crippen LogP) is 0.260. The van der Waals surface area contributed by atoms with E-state index in [4.69, 9.17) is 16.2 Å². The van der Waals surface area contributed by atoms with Crippen LogP contribution in [0, 0.1) is 5.92 Å². The van der Waals surface area contributed by atoms with Gasteiger partial charge in [-0.05, 0) is 24.0 Å². The fourth-order valence-electron chi connectivity index (χ4n) is 3.92. The molecule has 0 radical (unpaired) electrons. The van der Waals surface area contributed by atoms with E-state index in [1.54, 1.807) is 50.2 Å². The molecule has 2 aromatic rings. The summed E-state index contributed by atoms with van der Waals surface area (Å²) in [6.45, 7) is 4.07. The maximum atomic E-state index is 14.0. The van der Waals surface area contributed by atoms with Gasteiger partial charge in [0.05, 0.1) is 12.1 Å². The zero-order valence-corrected chi connectivity index (χ0v) is 21.6. The molecule has 0 aliphatic rings. The number of ether oxygens (including phenoxy) is 1. The third kappa shape index (κ3) is 5.73. The smallest absolute Gasteiger partial charge is 0.326 e. The van der Waals surface area contributed by atoms with Gasteiger partial charge in [-0.1, -0.05) is 74.5 Å². The van der Waals surface area contributed by atoms with Crippen molar-refractivity contribution >= 4 is 27.8 Å². The monoisotopic (exact) mass is 535 g/mol. The first kappa shape index (κ1) is 30.1. The summed E-state index contributed by atoms with van der Waals surface area (Å²) >= 11 is 0. The molecule has 0 saturated carbocycles. The van der Waals surface area contributed by atoms with Crippen LogP contribution >= 0.6 is 0 Å². The molecule has 12 heteroatoms. The van der Waals surface area contributed by atoms with E-state index in [0.717, 1.165) is 0 Å². The van der Waals surface area contributed by atoms with E-state index in [1.165, 1.54) is 31.2 Å². The lowest BCUT2D eigenvalue weighted by molar-refractivity contribution is -0.161. The minimum absolute atomic E-state index is 0.167. The summed E-state index contributed by atoms with van der Waals surface area (Å²) < 4.78 is 40.4. The highest BCUT2D eigenvalue weighted by atomic mass is 32.2. The van der Waals surface area contributed by atoms with E-state index in [9.17, 15) is 32.5 Å². The number of carbonyl (C=O) groups excluding carboxylic acids is 3. The van der Waals surface area contributed by atoms with Crippen LogP contribution in [0.3, 0.4) is 0 Å². The molecular formula is C25H33N3O8S. The van der Waals surface area contributed by atoms with E-state index in [1.807, 2.05) is 0 Å². The Labute approximate surface area is 215 Å². The second kappa shape index (κ2) is 11.9. The minimum Gasteiger partial charge on any atom is -0.460 e. The summed E-state index contributed by atoms with van der Waals surface area (Å²) in [7, 11) is -5.74. The first-order valence-electron chi connectivity index (χ1n) is 11.6. The van der Waals surface area contributed by atoms with Gasteiger partial charge in [-0.2, -0.15) is 8.42 Å². The Morgan fingerprint density at radius 3 is 1.97 bits per heavy atom. The maximum Gasteiger partial charge on any atom is 0.326 e. The average Bonchev–Trinajstić information content (AvgIpc) is 2.87. The molecule has 0 aliphatic heterocycles. The van der Waals surface area contributed by atoms with Gasteiger partial charge in [-0.15, -0.1) is 0 Å². The molecule has 37 heavy (non-hydrogen) atoms. The number of amides is 1. The largest absolute Gasteiger partial charge is 0.460 e. The number of nitrogens with one attached hydrogen (secondary N) is 1. The Morgan fingerprint density at radius 2 is 1.51 bits per heavy atom. The summed E-state index contributed by atoms with van der Waals surface area (Å²) in [5.74, 6) is -4.67. The number of hydrogen-bond acceptors (Lipinski definition) is 9. The number of carbonyl (C=O) groups is 3. The van der Waals surface area contributed by atoms with Gasteiger partial charge in [0.25, 0.3) is 10.8 Å². The van der Waals surface area contributed by atoms with Crippen molar-refractivity contribution < 1.29 is 37.2 Å². The highest BCUT2D eigenvalue weighted by molar-refractivity contribution is 7.88. The number of hydrogen-bond donors (Lipinski definition) is 5. The predicted molar refractivity (Wildman–Crippen MR) is 135 cm³/mol. The van der Waals surface area contributed by atoms with Gasteiger partial charge in [0.2, 0.25) is 0 Å². The molecule has 0 spiro atoms. The van der Waals surface area contributed by atoms with Crippen LogP contribution in [0.15, 0.2) is 60.7 Å². The van der Waals surface area contributed by atoms with Crippen LogP contribution < -0.4 is 16.8 Å². The second-order valence-corrected chi connectivity index (χ2v) is 10.5. The highest BCUT2D eigenvalue weighted by Gasteiger charge is 2.68. The zero-order valence-electron chi connectivity index (χ0n) is 20.8. The summed E-state index contributed by atoms with van der Waals surface area (Å²) in [5, 5.41) is 13.3. The first-order valence-corrected chi connectivity index (χ1v) is 13.0. The number of benzene rings is 2. The molecule has 7 N–H and O–H groups in total. The van der Waals surface area contributed by atoms with Gasteiger partial charge < -0.3 is 26.6 Å². The van der Waals surface area contributed by atoms with Gasteiger partial charge in [-0.25, -0.2) is 0 Å². The van der Waals surface area contributed by atoms with E-state index in [0.29, 0.717) is 5.56 Å². The Morgan fingerprint density at radius 1 is 1.00 bits per heavy atom. The lowest BCUT2D eigenvalue weighted by Gasteiger charge is -2.42. The van der Waals surface area contributed by atoms with E-state index in [-0.39, 0.29) is 18.7 Å². The van der Waals surface area contributed by atoms with Crippen LogP contribution in [0.4, 0.5) is 0 Å². The second-order valence-electron chi connectivity index (χ2n) is 8.88. The Kier molecular flexibility index (Phi) is 9.69. The summed E-state index contributed by atoms with van der Waals surface area (Å²) in [5.41, 5.74) is 9.93. The fourth-order valence-corrected chi connectivity index (χ4v) is 4.73. The third-order valence-corrected chi connectivity index (χ3v) is 7.34. The minimum atomic E-state index is -5.74. The number of esters is 1. The van der Waals surface area contributed by atoms with Gasteiger partial charge in [0.1, 0.15) is 6.61 Å². The molecule has 1 amide bonds. The maximum absolute atomic E-state index is 14.0. The molecule has 0 fully saturated rings. The molecule has 3 unspecified atom stereocenters.